The van der Waals surface area contributed by atoms with Crippen LogP contribution in [0.25, 0.3) is 0 Å². The number of rotatable bonds is 20. The molecule has 26 heavy (non-hydrogen) atoms. The molecule has 0 spiro atoms. The Labute approximate surface area is 162 Å². The monoisotopic (exact) mass is 371 g/mol. The van der Waals surface area contributed by atoms with Gasteiger partial charge in [-0.25, -0.2) is 0 Å². The highest BCUT2D eigenvalue weighted by atomic mass is 16.4. The van der Waals surface area contributed by atoms with E-state index in [1.165, 1.54) is 77.0 Å². The van der Waals surface area contributed by atoms with Crippen LogP contribution in [0.3, 0.4) is 0 Å². The summed E-state index contributed by atoms with van der Waals surface area (Å²) in [6, 6.07) is 0. The van der Waals surface area contributed by atoms with Crippen molar-refractivity contribution in [3.8, 4) is 0 Å². The van der Waals surface area contributed by atoms with Gasteiger partial charge < -0.3 is 15.1 Å². The topological polar surface area (TPSA) is 60.8 Å². The largest absolute Gasteiger partial charge is 0.481 e. The average molecular weight is 372 g/mol. The zero-order valence-corrected chi connectivity index (χ0v) is 17.6. The van der Waals surface area contributed by atoms with Crippen LogP contribution in [0, 0.1) is 5.92 Å². The Hall–Kier alpha value is -0.610. The van der Waals surface area contributed by atoms with Crippen molar-refractivity contribution in [3.63, 3.8) is 0 Å². The van der Waals surface area contributed by atoms with Crippen molar-refractivity contribution in [2.75, 3.05) is 26.7 Å². The van der Waals surface area contributed by atoms with Crippen molar-refractivity contribution >= 4 is 5.97 Å². The number of carboxylic acids is 1. The lowest BCUT2D eigenvalue weighted by Gasteiger charge is -2.20. The molecule has 0 radical (unpaired) electrons. The predicted octanol–water partition coefficient (Wildman–Crippen LogP) is 5.48. The molecular weight excluding hydrogens is 326 g/mol. The predicted molar refractivity (Wildman–Crippen MR) is 111 cm³/mol. The SMILES string of the molecule is CCCCCCCCCCCCCCCCC(CN(C)CCO)C(=O)O. The second-order valence-electron chi connectivity index (χ2n) is 7.91. The number of nitrogens with zero attached hydrogens (tertiary/aromatic N) is 1. The summed E-state index contributed by atoms with van der Waals surface area (Å²) in [6.45, 7) is 3.43. The van der Waals surface area contributed by atoms with Crippen molar-refractivity contribution in [2.45, 2.75) is 103 Å². The quantitative estimate of drug-likeness (QED) is 0.278. The molecule has 4 nitrogen and oxygen atoms in total. The van der Waals surface area contributed by atoms with Gasteiger partial charge in [0.1, 0.15) is 0 Å². The molecule has 0 amide bonds. The summed E-state index contributed by atoms with van der Waals surface area (Å²) < 4.78 is 0. The highest BCUT2D eigenvalue weighted by Gasteiger charge is 2.18. The van der Waals surface area contributed by atoms with Gasteiger partial charge in [-0.2, -0.15) is 0 Å². The minimum absolute atomic E-state index is 0.0850. The maximum absolute atomic E-state index is 11.3. The molecule has 4 heteroatoms. The van der Waals surface area contributed by atoms with E-state index in [1.54, 1.807) is 0 Å². The summed E-state index contributed by atoms with van der Waals surface area (Å²) >= 11 is 0. The molecule has 0 aliphatic heterocycles. The van der Waals surface area contributed by atoms with Gasteiger partial charge in [-0.15, -0.1) is 0 Å². The number of aliphatic hydroxyl groups is 1. The maximum atomic E-state index is 11.3. The molecule has 0 saturated carbocycles. The van der Waals surface area contributed by atoms with E-state index in [-0.39, 0.29) is 12.5 Å². The van der Waals surface area contributed by atoms with Gasteiger partial charge in [0.2, 0.25) is 0 Å². The molecule has 0 heterocycles. The fourth-order valence-corrected chi connectivity index (χ4v) is 3.52. The molecule has 156 valence electrons. The fourth-order valence-electron chi connectivity index (χ4n) is 3.52. The Balaban J connectivity index is 3.41. The number of likely N-dealkylation sites (N-methyl/N-ethyl adjacent to an activating group) is 1. The van der Waals surface area contributed by atoms with Gasteiger partial charge in [0.25, 0.3) is 0 Å². The third-order valence-corrected chi connectivity index (χ3v) is 5.27. The van der Waals surface area contributed by atoms with Crippen LogP contribution in [0.1, 0.15) is 103 Å². The lowest BCUT2D eigenvalue weighted by atomic mass is 9.99. The normalized spacial score (nSPS) is 12.6. The van der Waals surface area contributed by atoms with Crippen molar-refractivity contribution in [1.29, 1.82) is 0 Å². The molecule has 1 atom stereocenters. The van der Waals surface area contributed by atoms with E-state index in [0.717, 1.165) is 19.3 Å². The van der Waals surface area contributed by atoms with Gasteiger partial charge in [0.15, 0.2) is 0 Å². The third kappa shape index (κ3) is 16.8. The zero-order chi connectivity index (χ0) is 19.5. The molecule has 0 aromatic heterocycles. The maximum Gasteiger partial charge on any atom is 0.307 e. The molecule has 0 bridgehead atoms. The number of carboxylic acid groups (broad SMARTS) is 1. The third-order valence-electron chi connectivity index (χ3n) is 5.27. The Morgan fingerprint density at radius 1 is 0.808 bits per heavy atom. The first kappa shape index (κ1) is 25.4. The van der Waals surface area contributed by atoms with Crippen molar-refractivity contribution < 1.29 is 15.0 Å². The van der Waals surface area contributed by atoms with Gasteiger partial charge in [0, 0.05) is 13.1 Å². The van der Waals surface area contributed by atoms with Gasteiger partial charge in [-0.05, 0) is 13.5 Å². The van der Waals surface area contributed by atoms with Crippen LogP contribution in [-0.2, 0) is 4.79 Å². The number of carbonyl (C=O) groups is 1. The highest BCUT2D eigenvalue weighted by Crippen LogP contribution is 2.15. The Morgan fingerprint density at radius 3 is 1.62 bits per heavy atom. The first-order chi connectivity index (χ1) is 12.6. The zero-order valence-electron chi connectivity index (χ0n) is 17.6. The van der Waals surface area contributed by atoms with E-state index in [4.69, 9.17) is 5.11 Å². The van der Waals surface area contributed by atoms with Crippen molar-refractivity contribution in [1.82, 2.24) is 4.90 Å². The summed E-state index contributed by atoms with van der Waals surface area (Å²) in [7, 11) is 1.87. The first-order valence-corrected chi connectivity index (χ1v) is 11.1. The summed E-state index contributed by atoms with van der Waals surface area (Å²) in [6.07, 6.45) is 19.3. The minimum Gasteiger partial charge on any atom is -0.481 e. The minimum atomic E-state index is -0.704. The molecule has 0 aliphatic carbocycles. The number of hydrogen-bond acceptors (Lipinski definition) is 3. The first-order valence-electron chi connectivity index (χ1n) is 11.1. The average Bonchev–Trinajstić information content (AvgIpc) is 2.61. The van der Waals surface area contributed by atoms with Crippen LogP contribution >= 0.6 is 0 Å². The molecule has 0 aromatic rings. The van der Waals surface area contributed by atoms with Crippen LogP contribution in [0.4, 0.5) is 0 Å². The number of aliphatic hydroxyl groups excluding tert-OH is 1. The van der Waals surface area contributed by atoms with E-state index in [9.17, 15) is 9.90 Å². The van der Waals surface area contributed by atoms with E-state index >= 15 is 0 Å². The summed E-state index contributed by atoms with van der Waals surface area (Å²) in [5.74, 6) is -1.01. The number of aliphatic carboxylic acids is 1. The van der Waals surface area contributed by atoms with Gasteiger partial charge in [-0.1, -0.05) is 96.8 Å². The van der Waals surface area contributed by atoms with E-state index in [2.05, 4.69) is 6.92 Å². The van der Waals surface area contributed by atoms with Gasteiger partial charge in [0.05, 0.1) is 12.5 Å². The molecule has 0 saturated heterocycles. The lowest BCUT2D eigenvalue weighted by Crippen LogP contribution is -2.32. The Kier molecular flexibility index (Phi) is 18.7. The Bertz CT molecular complexity index is 310. The number of hydrogen-bond donors (Lipinski definition) is 2. The van der Waals surface area contributed by atoms with E-state index < -0.39 is 5.97 Å². The molecule has 0 rings (SSSR count). The smallest absolute Gasteiger partial charge is 0.307 e. The second-order valence-corrected chi connectivity index (χ2v) is 7.91. The molecule has 0 fully saturated rings. The lowest BCUT2D eigenvalue weighted by molar-refractivity contribution is -0.142. The van der Waals surface area contributed by atoms with Crippen molar-refractivity contribution in [2.24, 2.45) is 5.92 Å². The summed E-state index contributed by atoms with van der Waals surface area (Å²) in [5.41, 5.74) is 0. The van der Waals surface area contributed by atoms with E-state index in [1.807, 2.05) is 11.9 Å². The molecule has 0 aromatic carbocycles. The standard InChI is InChI=1S/C22H45NO3/c1-3-4-5-6-7-8-9-10-11-12-13-14-15-16-17-21(22(25)26)20-23(2)18-19-24/h21,24H,3-20H2,1-2H3,(H,25,26). The molecule has 2 N–H and O–H groups in total. The highest BCUT2D eigenvalue weighted by molar-refractivity contribution is 5.70. The van der Waals surface area contributed by atoms with Crippen LogP contribution < -0.4 is 0 Å². The molecule has 0 aliphatic rings. The summed E-state index contributed by atoms with van der Waals surface area (Å²) in [5, 5.41) is 18.2. The van der Waals surface area contributed by atoms with Crippen molar-refractivity contribution in [3.05, 3.63) is 0 Å². The Morgan fingerprint density at radius 2 is 1.23 bits per heavy atom. The summed E-state index contributed by atoms with van der Waals surface area (Å²) in [4.78, 5) is 13.2. The van der Waals surface area contributed by atoms with Crippen LogP contribution in [0.15, 0.2) is 0 Å². The van der Waals surface area contributed by atoms with Gasteiger partial charge >= 0.3 is 5.97 Å². The van der Waals surface area contributed by atoms with Crippen LogP contribution in [0.2, 0.25) is 0 Å². The fraction of sp³-hybridized carbons (Fsp3) is 0.955. The molecule has 1 unspecified atom stereocenters. The second kappa shape index (κ2) is 19.2. The van der Waals surface area contributed by atoms with Crippen LogP contribution in [-0.4, -0.2) is 47.8 Å². The van der Waals surface area contributed by atoms with Gasteiger partial charge in [-0.3, -0.25) is 4.79 Å². The number of unbranched alkanes of at least 4 members (excludes halogenated alkanes) is 13. The molecular formula is C22H45NO3. The van der Waals surface area contributed by atoms with E-state index in [0.29, 0.717) is 13.1 Å². The van der Waals surface area contributed by atoms with Crippen LogP contribution in [0.5, 0.6) is 0 Å².